The van der Waals surface area contributed by atoms with Crippen LogP contribution in [0.2, 0.25) is 0 Å². The zero-order chi connectivity index (χ0) is 19.6. The number of hydrogen-bond acceptors (Lipinski definition) is 7. The summed E-state index contributed by atoms with van der Waals surface area (Å²) in [6.45, 7) is 0. The summed E-state index contributed by atoms with van der Waals surface area (Å²) < 4.78 is 9.26. The molecule has 0 N–H and O–H groups in total. The molecule has 0 saturated heterocycles. The lowest BCUT2D eigenvalue weighted by molar-refractivity contribution is 0.0385. The maximum Gasteiger partial charge on any atom is 0.346 e. The smallest absolute Gasteiger partial charge is 0.346 e. The highest BCUT2D eigenvalue weighted by Gasteiger charge is 2.32. The number of carbonyl (C=O) groups excluding carboxylic acids is 5. The van der Waals surface area contributed by atoms with Crippen LogP contribution in [-0.2, 0) is 9.47 Å². The molecule has 134 valence electrons. The van der Waals surface area contributed by atoms with E-state index in [0.29, 0.717) is 10.8 Å². The van der Waals surface area contributed by atoms with Crippen LogP contribution < -0.4 is 0 Å². The number of rotatable bonds is 2. The van der Waals surface area contributed by atoms with E-state index < -0.39 is 29.7 Å². The van der Waals surface area contributed by atoms with Crippen LogP contribution in [-0.4, -0.2) is 29.7 Å². The van der Waals surface area contributed by atoms with Gasteiger partial charge in [0.15, 0.2) is 5.78 Å². The molecule has 0 atom stereocenters. The Morgan fingerprint density at radius 1 is 0.643 bits per heavy atom. The Balaban J connectivity index is 1.71. The van der Waals surface area contributed by atoms with E-state index in [2.05, 4.69) is 4.74 Å². The van der Waals surface area contributed by atoms with Gasteiger partial charge in [0.25, 0.3) is 0 Å². The predicted octanol–water partition coefficient (Wildman–Crippen LogP) is 2.69. The van der Waals surface area contributed by atoms with Crippen molar-refractivity contribution in [1.29, 1.82) is 0 Å². The molecule has 5 rings (SSSR count). The van der Waals surface area contributed by atoms with Crippen LogP contribution in [0.4, 0.5) is 0 Å². The summed E-state index contributed by atoms with van der Waals surface area (Å²) in [6.07, 6.45) is 0. The Labute approximate surface area is 156 Å². The van der Waals surface area contributed by atoms with Gasteiger partial charge in [0.2, 0.25) is 0 Å². The van der Waals surface area contributed by atoms with Gasteiger partial charge in [-0.3, -0.25) is 4.79 Å². The van der Waals surface area contributed by atoms with Crippen molar-refractivity contribution < 1.29 is 33.4 Å². The van der Waals surface area contributed by atoms with Crippen LogP contribution in [0.25, 0.3) is 10.8 Å². The number of carbonyl (C=O) groups is 5. The lowest BCUT2D eigenvalue weighted by Crippen LogP contribution is -2.20. The number of ketones is 1. The standard InChI is InChI=1S/C21H8O7/c22-17(9-4-5-12-15(8-9)21(26)27-18(12)23)11-6-7-14-16-10(11)2-1-3-13(16)19(24)28-20(14)25/h1-8H. The van der Waals surface area contributed by atoms with Crippen molar-refractivity contribution in [2.75, 3.05) is 0 Å². The van der Waals surface area contributed by atoms with Gasteiger partial charge in [-0.2, -0.15) is 0 Å². The lowest BCUT2D eigenvalue weighted by Gasteiger charge is -2.17. The highest BCUT2D eigenvalue weighted by molar-refractivity contribution is 6.26. The summed E-state index contributed by atoms with van der Waals surface area (Å²) >= 11 is 0. The van der Waals surface area contributed by atoms with Crippen LogP contribution in [0.5, 0.6) is 0 Å². The molecule has 2 heterocycles. The highest BCUT2D eigenvalue weighted by Crippen LogP contribution is 2.32. The van der Waals surface area contributed by atoms with Crippen LogP contribution in [0.1, 0.15) is 57.4 Å². The molecule has 3 aromatic carbocycles. The molecule has 0 unspecified atom stereocenters. The minimum absolute atomic E-state index is 0.0253. The van der Waals surface area contributed by atoms with Crippen LogP contribution in [0, 0.1) is 0 Å². The van der Waals surface area contributed by atoms with Crippen molar-refractivity contribution in [2.24, 2.45) is 0 Å². The Kier molecular flexibility index (Phi) is 3.12. The maximum absolute atomic E-state index is 13.1. The number of esters is 4. The second-order valence-electron chi connectivity index (χ2n) is 6.33. The number of hydrogen-bond donors (Lipinski definition) is 0. The highest BCUT2D eigenvalue weighted by atomic mass is 16.6. The van der Waals surface area contributed by atoms with Crippen molar-refractivity contribution in [2.45, 2.75) is 0 Å². The quantitative estimate of drug-likeness (QED) is 0.387. The van der Waals surface area contributed by atoms with Crippen molar-refractivity contribution in [1.82, 2.24) is 0 Å². The second-order valence-corrected chi connectivity index (χ2v) is 6.33. The van der Waals surface area contributed by atoms with E-state index in [4.69, 9.17) is 4.74 Å². The van der Waals surface area contributed by atoms with Gasteiger partial charge >= 0.3 is 23.9 Å². The summed E-state index contributed by atoms with van der Waals surface area (Å²) in [6, 6.07) is 11.7. The Morgan fingerprint density at radius 2 is 1.25 bits per heavy atom. The van der Waals surface area contributed by atoms with Gasteiger partial charge in [-0.15, -0.1) is 0 Å². The third kappa shape index (κ3) is 2.07. The molecule has 3 aromatic rings. The maximum atomic E-state index is 13.1. The van der Waals surface area contributed by atoms with Gasteiger partial charge < -0.3 is 9.47 Å². The SMILES string of the molecule is O=C1OC(=O)c2cc(C(=O)c3ccc4c5c(cccc35)C(=O)OC4=O)ccc21. The number of cyclic esters (lactones) is 4. The second kappa shape index (κ2) is 5.43. The fourth-order valence-electron chi connectivity index (χ4n) is 3.52. The largest absolute Gasteiger partial charge is 0.386 e. The van der Waals surface area contributed by atoms with Crippen LogP contribution in [0.15, 0.2) is 48.5 Å². The van der Waals surface area contributed by atoms with Crippen molar-refractivity contribution in [3.63, 3.8) is 0 Å². The van der Waals surface area contributed by atoms with Gasteiger partial charge in [0.05, 0.1) is 22.3 Å². The van der Waals surface area contributed by atoms with E-state index in [0.717, 1.165) is 0 Å². The van der Waals surface area contributed by atoms with E-state index in [1.54, 1.807) is 12.1 Å². The number of benzene rings is 3. The van der Waals surface area contributed by atoms with Gasteiger partial charge in [-0.05, 0) is 35.7 Å². The first-order valence-corrected chi connectivity index (χ1v) is 8.23. The molecule has 2 aliphatic heterocycles. The molecule has 0 fully saturated rings. The molecular weight excluding hydrogens is 364 g/mol. The normalized spacial score (nSPS) is 14.7. The fourth-order valence-corrected chi connectivity index (χ4v) is 3.52. The molecule has 0 spiro atoms. The summed E-state index contributed by atoms with van der Waals surface area (Å²) in [5.41, 5.74) is 0.954. The van der Waals surface area contributed by atoms with Crippen molar-refractivity contribution >= 4 is 40.4 Å². The van der Waals surface area contributed by atoms with E-state index in [1.807, 2.05) is 0 Å². The third-order valence-electron chi connectivity index (χ3n) is 4.82. The number of fused-ring (bicyclic) bond motifs is 1. The minimum atomic E-state index is -0.806. The van der Waals surface area contributed by atoms with E-state index in [1.165, 1.54) is 36.4 Å². The molecule has 0 aliphatic carbocycles. The summed E-state index contributed by atoms with van der Waals surface area (Å²) in [5.74, 6) is -3.53. The molecule has 0 bridgehead atoms. The Bertz CT molecular complexity index is 1280. The molecule has 28 heavy (non-hydrogen) atoms. The first kappa shape index (κ1) is 16.1. The summed E-state index contributed by atoms with van der Waals surface area (Å²) in [7, 11) is 0. The van der Waals surface area contributed by atoms with Crippen molar-refractivity contribution in [3.8, 4) is 0 Å². The van der Waals surface area contributed by atoms with E-state index in [-0.39, 0.29) is 33.4 Å². The zero-order valence-electron chi connectivity index (χ0n) is 14.0. The predicted molar refractivity (Wildman–Crippen MR) is 93.3 cm³/mol. The Morgan fingerprint density at radius 3 is 2.00 bits per heavy atom. The van der Waals surface area contributed by atoms with Gasteiger partial charge in [-0.1, -0.05) is 18.2 Å². The summed E-state index contributed by atoms with van der Waals surface area (Å²) in [4.78, 5) is 60.5. The average Bonchev–Trinajstić information content (AvgIpc) is 2.98. The Hall–Kier alpha value is -4.13. The molecule has 2 aliphatic rings. The van der Waals surface area contributed by atoms with Crippen molar-refractivity contribution in [3.05, 3.63) is 81.9 Å². The van der Waals surface area contributed by atoms with Gasteiger partial charge in [0.1, 0.15) is 0 Å². The minimum Gasteiger partial charge on any atom is -0.386 e. The lowest BCUT2D eigenvalue weighted by atomic mass is 9.90. The zero-order valence-corrected chi connectivity index (χ0v) is 14.0. The first-order chi connectivity index (χ1) is 13.5. The van der Waals surface area contributed by atoms with E-state index >= 15 is 0 Å². The molecule has 0 saturated carbocycles. The fraction of sp³-hybridized carbons (Fsp3) is 0. The molecule has 7 nitrogen and oxygen atoms in total. The topological polar surface area (TPSA) is 104 Å². The average molecular weight is 372 g/mol. The molecule has 7 heteroatoms. The molecule has 0 radical (unpaired) electrons. The summed E-state index contributed by atoms with van der Waals surface area (Å²) in [5, 5.41) is 0.773. The molecule has 0 aromatic heterocycles. The van der Waals surface area contributed by atoms with Gasteiger partial charge in [0, 0.05) is 16.5 Å². The number of ether oxygens (including phenoxy) is 2. The monoisotopic (exact) mass is 372 g/mol. The van der Waals surface area contributed by atoms with Crippen LogP contribution >= 0.6 is 0 Å². The van der Waals surface area contributed by atoms with Gasteiger partial charge in [-0.25, -0.2) is 19.2 Å². The first-order valence-electron chi connectivity index (χ1n) is 8.23. The third-order valence-corrected chi connectivity index (χ3v) is 4.82. The van der Waals surface area contributed by atoms with Crippen LogP contribution in [0.3, 0.4) is 0 Å². The van der Waals surface area contributed by atoms with E-state index in [9.17, 15) is 24.0 Å². The molecular formula is C21H8O7. The molecule has 0 amide bonds.